The Labute approximate surface area is 190 Å². The first-order chi connectivity index (χ1) is 15.4. The highest BCUT2D eigenvalue weighted by atomic mass is 35.5. The molecule has 0 saturated carbocycles. The van der Waals surface area contributed by atoms with Gasteiger partial charge < -0.3 is 16.0 Å². The number of nitrogens with one attached hydrogen (secondary N) is 2. The zero-order valence-electron chi connectivity index (χ0n) is 18.0. The number of H-pyrrole nitrogens is 1. The largest absolute Gasteiger partial charge is 0.348 e. The van der Waals surface area contributed by atoms with Crippen LogP contribution in [0.4, 0.5) is 0 Å². The Hall–Kier alpha value is -3.01. The van der Waals surface area contributed by atoms with Crippen LogP contribution in [-0.4, -0.2) is 67.3 Å². The number of carbonyl (C=O) groups excluding carboxylic acids is 1. The van der Waals surface area contributed by atoms with Crippen molar-refractivity contribution in [1.82, 2.24) is 34.9 Å². The number of aromatic amines is 1. The molecule has 1 aliphatic rings. The summed E-state index contributed by atoms with van der Waals surface area (Å²) in [5, 5.41) is 9.24. The molecule has 10 heteroatoms. The van der Waals surface area contributed by atoms with Gasteiger partial charge in [0.25, 0.3) is 5.91 Å². The van der Waals surface area contributed by atoms with Crippen LogP contribution in [0.3, 0.4) is 0 Å². The van der Waals surface area contributed by atoms with Crippen LogP contribution in [0, 0.1) is 0 Å². The smallest absolute Gasteiger partial charge is 0.255 e. The second-order valence-electron chi connectivity index (χ2n) is 8.47. The van der Waals surface area contributed by atoms with Crippen LogP contribution in [0.5, 0.6) is 0 Å². The van der Waals surface area contributed by atoms with Gasteiger partial charge >= 0.3 is 0 Å². The van der Waals surface area contributed by atoms with Crippen LogP contribution in [0.25, 0.3) is 33.5 Å². The van der Waals surface area contributed by atoms with E-state index in [4.69, 9.17) is 22.3 Å². The van der Waals surface area contributed by atoms with Crippen LogP contribution in [-0.2, 0) is 7.05 Å². The van der Waals surface area contributed by atoms with Crippen molar-refractivity contribution in [2.75, 3.05) is 19.6 Å². The number of fused-ring (bicyclic) bond motifs is 2. The monoisotopic (exact) mass is 452 g/mol. The van der Waals surface area contributed by atoms with E-state index in [2.05, 4.69) is 25.3 Å². The zero-order chi connectivity index (χ0) is 22.4. The molecule has 32 heavy (non-hydrogen) atoms. The Bertz CT molecular complexity index is 1310. The molecule has 9 nitrogen and oxygen atoms in total. The van der Waals surface area contributed by atoms with Gasteiger partial charge in [0.1, 0.15) is 16.9 Å². The van der Waals surface area contributed by atoms with Crippen LogP contribution in [0.2, 0.25) is 5.02 Å². The first-order valence-electron chi connectivity index (χ1n) is 10.6. The number of benzene rings is 1. The molecule has 1 fully saturated rings. The highest BCUT2D eigenvalue weighted by molar-refractivity contribution is 6.31. The van der Waals surface area contributed by atoms with Gasteiger partial charge in [0, 0.05) is 48.8 Å². The van der Waals surface area contributed by atoms with Gasteiger partial charge in [-0.2, -0.15) is 5.10 Å². The van der Waals surface area contributed by atoms with Gasteiger partial charge in [0.05, 0.1) is 17.3 Å². The maximum atomic E-state index is 13.0. The van der Waals surface area contributed by atoms with E-state index in [1.165, 1.54) is 0 Å². The number of nitrogens with zero attached hydrogens (tertiary/aromatic N) is 5. The molecule has 1 saturated heterocycles. The van der Waals surface area contributed by atoms with Crippen molar-refractivity contribution < 1.29 is 4.79 Å². The summed E-state index contributed by atoms with van der Waals surface area (Å²) in [4.78, 5) is 27.5. The summed E-state index contributed by atoms with van der Waals surface area (Å²) in [7, 11) is 1.86. The topological polar surface area (TPSA) is 118 Å². The lowest BCUT2D eigenvalue weighted by atomic mass is 10.1. The number of nitrogens with two attached hydrogens (primary N) is 1. The number of amides is 1. The fourth-order valence-corrected chi connectivity index (χ4v) is 4.53. The van der Waals surface area contributed by atoms with E-state index in [1.807, 2.05) is 32.2 Å². The molecule has 2 unspecified atom stereocenters. The number of rotatable bonds is 5. The summed E-state index contributed by atoms with van der Waals surface area (Å²) in [6.45, 7) is 4.60. The SMILES string of the molecule is CC(CN1CCC(N)C1)NC(=O)c1c[nH]c2ncc(-c3nn(C)c4cc(Cl)ccc34)nc12. The third-order valence-electron chi connectivity index (χ3n) is 5.90. The Balaban J connectivity index is 1.42. The fourth-order valence-electron chi connectivity index (χ4n) is 4.36. The molecule has 1 aromatic carbocycles. The van der Waals surface area contributed by atoms with E-state index in [0.717, 1.165) is 37.0 Å². The minimum absolute atomic E-state index is 0.0154. The average molecular weight is 453 g/mol. The van der Waals surface area contributed by atoms with Gasteiger partial charge in [0.15, 0.2) is 5.65 Å². The maximum absolute atomic E-state index is 13.0. The van der Waals surface area contributed by atoms with E-state index in [9.17, 15) is 4.79 Å². The van der Waals surface area contributed by atoms with Gasteiger partial charge in [-0.15, -0.1) is 0 Å². The number of aromatic nitrogens is 5. The van der Waals surface area contributed by atoms with E-state index >= 15 is 0 Å². The van der Waals surface area contributed by atoms with Gasteiger partial charge in [-0.1, -0.05) is 11.6 Å². The van der Waals surface area contributed by atoms with E-state index in [1.54, 1.807) is 17.1 Å². The van der Waals surface area contributed by atoms with Crippen LogP contribution < -0.4 is 11.1 Å². The summed E-state index contributed by atoms with van der Waals surface area (Å²) in [5.74, 6) is -0.184. The zero-order valence-corrected chi connectivity index (χ0v) is 18.7. The molecule has 166 valence electrons. The quantitative estimate of drug-likeness (QED) is 0.427. The van der Waals surface area contributed by atoms with Gasteiger partial charge in [0.2, 0.25) is 0 Å². The molecular weight excluding hydrogens is 428 g/mol. The van der Waals surface area contributed by atoms with E-state index in [-0.39, 0.29) is 18.0 Å². The standard InChI is InChI=1S/C22H25ClN8O/c1-12(10-31-6-5-14(24)11-31)27-22(32)16-8-25-21-20(16)28-17(9-26-21)19-15-4-3-13(23)7-18(15)30(2)29-19/h3-4,7-9,12,14H,5-6,10-11,24H2,1-2H3,(H,25,26)(H,27,32). The molecular formula is C22H25ClN8O. The molecule has 4 heterocycles. The molecule has 1 aliphatic heterocycles. The van der Waals surface area contributed by atoms with Crippen molar-refractivity contribution in [3.8, 4) is 11.4 Å². The average Bonchev–Trinajstić information content (AvgIpc) is 3.45. The van der Waals surface area contributed by atoms with Crippen molar-refractivity contribution in [1.29, 1.82) is 0 Å². The summed E-state index contributed by atoms with van der Waals surface area (Å²) in [5.41, 5.74) is 9.71. The molecule has 3 aromatic heterocycles. The molecule has 0 radical (unpaired) electrons. The Kier molecular flexibility index (Phi) is 5.32. The van der Waals surface area contributed by atoms with Crippen molar-refractivity contribution in [3.63, 3.8) is 0 Å². The predicted molar refractivity (Wildman–Crippen MR) is 125 cm³/mol. The number of aryl methyl sites for hydroxylation is 1. The molecule has 0 aliphatic carbocycles. The normalized spacial score (nSPS) is 17.9. The number of halogens is 1. The lowest BCUT2D eigenvalue weighted by Gasteiger charge is -2.21. The van der Waals surface area contributed by atoms with Gasteiger partial charge in [-0.25, -0.2) is 9.97 Å². The molecule has 4 aromatic rings. The maximum Gasteiger partial charge on any atom is 0.255 e. The fraction of sp³-hybridized carbons (Fsp3) is 0.364. The third kappa shape index (κ3) is 3.83. The lowest BCUT2D eigenvalue weighted by Crippen LogP contribution is -2.41. The van der Waals surface area contributed by atoms with Crippen molar-refractivity contribution in [2.24, 2.45) is 12.8 Å². The summed E-state index contributed by atoms with van der Waals surface area (Å²) in [6, 6.07) is 5.81. The summed E-state index contributed by atoms with van der Waals surface area (Å²) in [6.07, 6.45) is 4.31. The molecule has 0 bridgehead atoms. The second-order valence-corrected chi connectivity index (χ2v) is 8.91. The first kappa shape index (κ1) is 20.9. The molecule has 4 N–H and O–H groups in total. The lowest BCUT2D eigenvalue weighted by molar-refractivity contribution is 0.0933. The minimum Gasteiger partial charge on any atom is -0.348 e. The molecule has 0 spiro atoms. The third-order valence-corrected chi connectivity index (χ3v) is 6.14. The highest BCUT2D eigenvalue weighted by Gasteiger charge is 2.23. The second kappa shape index (κ2) is 8.16. The summed E-state index contributed by atoms with van der Waals surface area (Å²) < 4.78 is 1.76. The van der Waals surface area contributed by atoms with Crippen molar-refractivity contribution >= 4 is 39.6 Å². The number of likely N-dealkylation sites (tertiary alicyclic amines) is 1. The highest BCUT2D eigenvalue weighted by Crippen LogP contribution is 2.29. The van der Waals surface area contributed by atoms with Crippen molar-refractivity contribution in [2.45, 2.75) is 25.4 Å². The van der Waals surface area contributed by atoms with E-state index in [0.29, 0.717) is 33.1 Å². The van der Waals surface area contributed by atoms with Crippen LogP contribution in [0.15, 0.2) is 30.6 Å². The minimum atomic E-state index is -0.184. The van der Waals surface area contributed by atoms with Gasteiger partial charge in [-0.3, -0.25) is 14.4 Å². The number of hydrogen-bond donors (Lipinski definition) is 3. The van der Waals surface area contributed by atoms with Gasteiger partial charge in [-0.05, 0) is 38.1 Å². The number of carbonyl (C=O) groups is 1. The Morgan fingerprint density at radius 2 is 2.28 bits per heavy atom. The summed E-state index contributed by atoms with van der Waals surface area (Å²) >= 11 is 6.14. The van der Waals surface area contributed by atoms with E-state index < -0.39 is 0 Å². The Morgan fingerprint density at radius 3 is 3.06 bits per heavy atom. The number of hydrogen-bond acceptors (Lipinski definition) is 6. The van der Waals surface area contributed by atoms with Crippen LogP contribution in [0.1, 0.15) is 23.7 Å². The molecule has 1 amide bonds. The van der Waals surface area contributed by atoms with Crippen molar-refractivity contribution in [3.05, 3.63) is 41.2 Å². The molecule has 5 rings (SSSR count). The van der Waals surface area contributed by atoms with Crippen LogP contribution >= 0.6 is 11.6 Å². The predicted octanol–water partition coefficient (Wildman–Crippen LogP) is 2.32. The first-order valence-corrected chi connectivity index (χ1v) is 11.0. The Morgan fingerprint density at radius 1 is 1.44 bits per heavy atom. The molecule has 2 atom stereocenters.